The predicted molar refractivity (Wildman–Crippen MR) is 165 cm³/mol. The molecule has 0 aliphatic carbocycles. The number of carbonyl (C=O) groups excluding carboxylic acids is 2. The molecular formula is C35H43NO6. The third kappa shape index (κ3) is 11.8. The highest BCUT2D eigenvalue weighted by atomic mass is 16.5. The van der Waals surface area contributed by atoms with E-state index in [1.165, 1.54) is 19.3 Å². The van der Waals surface area contributed by atoms with Crippen LogP contribution in [0.4, 0.5) is 0 Å². The summed E-state index contributed by atoms with van der Waals surface area (Å²) in [5.74, 6) is 1.23. The van der Waals surface area contributed by atoms with Gasteiger partial charge in [0.2, 0.25) is 0 Å². The van der Waals surface area contributed by atoms with Gasteiger partial charge in [0.1, 0.15) is 17.2 Å². The minimum Gasteiger partial charge on any atom is -0.494 e. The number of pyridine rings is 1. The van der Waals surface area contributed by atoms with Crippen molar-refractivity contribution in [3.05, 3.63) is 84.6 Å². The molecule has 0 amide bonds. The lowest BCUT2D eigenvalue weighted by molar-refractivity contribution is -0.139. The Hall–Kier alpha value is -4.13. The van der Waals surface area contributed by atoms with Gasteiger partial charge in [-0.1, -0.05) is 52.0 Å². The number of carbonyl (C=O) groups is 2. The summed E-state index contributed by atoms with van der Waals surface area (Å²) in [6, 6.07) is 18.1. The molecule has 0 fully saturated rings. The van der Waals surface area contributed by atoms with Gasteiger partial charge in [-0.15, -0.1) is 0 Å². The summed E-state index contributed by atoms with van der Waals surface area (Å²) < 4.78 is 22.1. The van der Waals surface area contributed by atoms with E-state index in [1.807, 2.05) is 24.3 Å². The van der Waals surface area contributed by atoms with Crippen molar-refractivity contribution < 1.29 is 28.5 Å². The second kappa shape index (κ2) is 18.3. The van der Waals surface area contributed by atoms with E-state index in [1.54, 1.807) is 49.5 Å². The number of benzene rings is 2. The van der Waals surface area contributed by atoms with Gasteiger partial charge < -0.3 is 18.9 Å². The molecule has 0 bridgehead atoms. The van der Waals surface area contributed by atoms with Gasteiger partial charge in [0.15, 0.2) is 0 Å². The van der Waals surface area contributed by atoms with Crippen LogP contribution in [0, 0.1) is 0 Å². The van der Waals surface area contributed by atoms with E-state index >= 15 is 0 Å². The number of rotatable bonds is 19. The first kappa shape index (κ1) is 32.4. The number of ether oxygens (including phenoxy) is 4. The van der Waals surface area contributed by atoms with E-state index in [2.05, 4.69) is 18.5 Å². The Balaban J connectivity index is 1.27. The lowest BCUT2D eigenvalue weighted by atomic mass is 10.1. The summed E-state index contributed by atoms with van der Waals surface area (Å²) in [6.45, 7) is 9.09. The molecule has 3 rings (SSSR count). The molecule has 0 saturated carbocycles. The molecule has 224 valence electrons. The Morgan fingerprint density at radius 2 is 1.26 bits per heavy atom. The quantitative estimate of drug-likeness (QED) is 0.0616. The summed E-state index contributed by atoms with van der Waals surface area (Å²) in [5.41, 5.74) is 2.66. The van der Waals surface area contributed by atoms with Gasteiger partial charge >= 0.3 is 11.9 Å². The van der Waals surface area contributed by atoms with Crippen molar-refractivity contribution in [3.8, 4) is 28.5 Å². The normalized spacial score (nSPS) is 10.6. The van der Waals surface area contributed by atoms with Crippen molar-refractivity contribution >= 4 is 11.9 Å². The Kier molecular flexibility index (Phi) is 14.1. The third-order valence-electron chi connectivity index (χ3n) is 6.55. The van der Waals surface area contributed by atoms with Crippen LogP contribution in [0.5, 0.6) is 17.2 Å². The van der Waals surface area contributed by atoms with Crippen molar-refractivity contribution in [2.75, 3.05) is 19.8 Å². The maximum absolute atomic E-state index is 12.6. The van der Waals surface area contributed by atoms with E-state index in [4.69, 9.17) is 18.9 Å². The molecule has 1 aromatic heterocycles. The minimum absolute atomic E-state index is 0.303. The highest BCUT2D eigenvalue weighted by Crippen LogP contribution is 2.23. The monoisotopic (exact) mass is 573 g/mol. The van der Waals surface area contributed by atoms with Gasteiger partial charge in [-0.3, -0.25) is 4.98 Å². The topological polar surface area (TPSA) is 84.0 Å². The van der Waals surface area contributed by atoms with E-state index in [0.717, 1.165) is 61.3 Å². The van der Waals surface area contributed by atoms with Crippen LogP contribution in [-0.2, 0) is 9.53 Å². The van der Waals surface area contributed by atoms with Crippen molar-refractivity contribution in [1.29, 1.82) is 0 Å². The molecule has 42 heavy (non-hydrogen) atoms. The summed E-state index contributed by atoms with van der Waals surface area (Å²) in [7, 11) is 0. The van der Waals surface area contributed by atoms with Gasteiger partial charge in [0.25, 0.3) is 0 Å². The Morgan fingerprint density at radius 3 is 1.86 bits per heavy atom. The lowest BCUT2D eigenvalue weighted by Crippen LogP contribution is -2.08. The molecule has 0 aliphatic rings. The molecule has 0 N–H and O–H groups in total. The lowest BCUT2D eigenvalue weighted by Gasteiger charge is -2.09. The van der Waals surface area contributed by atoms with E-state index in [0.29, 0.717) is 36.7 Å². The van der Waals surface area contributed by atoms with E-state index in [-0.39, 0.29) is 5.97 Å². The van der Waals surface area contributed by atoms with Gasteiger partial charge in [0.05, 0.1) is 37.3 Å². The molecule has 0 aliphatic heterocycles. The van der Waals surface area contributed by atoms with Crippen LogP contribution in [-0.4, -0.2) is 36.7 Å². The fourth-order valence-corrected chi connectivity index (χ4v) is 4.15. The number of nitrogens with zero attached hydrogens (tertiary/aromatic N) is 1. The zero-order valence-corrected chi connectivity index (χ0v) is 24.9. The molecule has 2 aromatic carbocycles. The van der Waals surface area contributed by atoms with E-state index in [9.17, 15) is 9.59 Å². The Labute approximate surface area is 249 Å². The molecular weight excluding hydrogens is 530 g/mol. The number of hydrogen-bond acceptors (Lipinski definition) is 7. The maximum Gasteiger partial charge on any atom is 0.343 e. The average Bonchev–Trinajstić information content (AvgIpc) is 3.01. The molecule has 7 heteroatoms. The van der Waals surface area contributed by atoms with Crippen LogP contribution in [0.25, 0.3) is 11.3 Å². The minimum atomic E-state index is -0.419. The molecule has 7 nitrogen and oxygen atoms in total. The number of aromatic nitrogens is 1. The van der Waals surface area contributed by atoms with Crippen LogP contribution in [0.1, 0.15) is 82.0 Å². The Morgan fingerprint density at radius 1 is 0.690 bits per heavy atom. The zero-order valence-electron chi connectivity index (χ0n) is 24.9. The largest absolute Gasteiger partial charge is 0.494 e. The molecule has 0 spiro atoms. The molecule has 0 atom stereocenters. The van der Waals surface area contributed by atoms with Crippen LogP contribution in [0.3, 0.4) is 0 Å². The first-order chi connectivity index (χ1) is 20.5. The number of esters is 2. The predicted octanol–water partition coefficient (Wildman–Crippen LogP) is 8.38. The fraction of sp³-hybridized carbons (Fsp3) is 0.400. The zero-order chi connectivity index (χ0) is 30.0. The first-order valence-corrected chi connectivity index (χ1v) is 14.9. The van der Waals surface area contributed by atoms with Crippen LogP contribution in [0.2, 0.25) is 0 Å². The van der Waals surface area contributed by atoms with Gasteiger partial charge in [0, 0.05) is 11.1 Å². The molecule has 0 saturated heterocycles. The summed E-state index contributed by atoms with van der Waals surface area (Å²) >= 11 is 0. The summed E-state index contributed by atoms with van der Waals surface area (Å²) in [6.07, 6.45) is 11.5. The van der Waals surface area contributed by atoms with Gasteiger partial charge in [-0.25, -0.2) is 9.59 Å². The third-order valence-corrected chi connectivity index (χ3v) is 6.55. The maximum atomic E-state index is 12.6. The molecule has 0 unspecified atom stereocenters. The smallest absolute Gasteiger partial charge is 0.343 e. The molecule has 3 aromatic rings. The standard InChI is InChI=1S/C35H43NO6/c1-4-23-39-32-21-22-33(36-26-32)28-13-19-31(20-14-28)42-35(38)29-15-17-30(18-16-29)40-24-11-9-7-5-6-8-10-12-25-41-34(37)27(2)3/h13-22,26H,2,4-12,23-25H2,1,3H3. The highest BCUT2D eigenvalue weighted by Gasteiger charge is 2.10. The first-order valence-electron chi connectivity index (χ1n) is 14.9. The van der Waals surface area contributed by atoms with Crippen molar-refractivity contribution in [2.24, 2.45) is 0 Å². The van der Waals surface area contributed by atoms with Crippen LogP contribution >= 0.6 is 0 Å². The second-order valence-electron chi connectivity index (χ2n) is 10.3. The molecule has 1 heterocycles. The fourth-order valence-electron chi connectivity index (χ4n) is 4.15. The summed E-state index contributed by atoms with van der Waals surface area (Å²) in [4.78, 5) is 28.4. The van der Waals surface area contributed by atoms with Gasteiger partial charge in [-0.2, -0.15) is 0 Å². The number of hydrogen-bond donors (Lipinski definition) is 0. The summed E-state index contributed by atoms with van der Waals surface area (Å²) in [5, 5.41) is 0. The highest BCUT2D eigenvalue weighted by molar-refractivity contribution is 5.91. The van der Waals surface area contributed by atoms with Gasteiger partial charge in [-0.05, 0) is 86.8 Å². The van der Waals surface area contributed by atoms with E-state index < -0.39 is 5.97 Å². The second-order valence-corrected chi connectivity index (χ2v) is 10.3. The van der Waals surface area contributed by atoms with Crippen LogP contribution in [0.15, 0.2) is 79.0 Å². The molecule has 0 radical (unpaired) electrons. The Bertz CT molecular complexity index is 1240. The average molecular weight is 574 g/mol. The van der Waals surface area contributed by atoms with Crippen LogP contribution < -0.4 is 14.2 Å². The van der Waals surface area contributed by atoms with Crippen molar-refractivity contribution in [1.82, 2.24) is 4.98 Å². The van der Waals surface area contributed by atoms with Crippen molar-refractivity contribution in [2.45, 2.75) is 71.6 Å². The number of unbranched alkanes of at least 4 members (excludes halogenated alkanes) is 7. The SMILES string of the molecule is C=C(C)C(=O)OCCCCCCCCCCOc1ccc(C(=O)Oc2ccc(-c3ccc(OCCC)cn3)cc2)cc1. The van der Waals surface area contributed by atoms with Crippen molar-refractivity contribution in [3.63, 3.8) is 0 Å².